The minimum atomic E-state index is -3.67. The first kappa shape index (κ1) is 16.9. The first-order valence-electron chi connectivity index (χ1n) is 8.25. The first-order chi connectivity index (χ1) is 11.5. The third kappa shape index (κ3) is 4.12. The lowest BCUT2D eigenvalue weighted by Crippen LogP contribution is -2.43. The number of aliphatic imine (C=N–C) groups is 1. The third-order valence-corrected chi connectivity index (χ3v) is 5.54. The molecule has 1 aromatic rings. The summed E-state index contributed by atoms with van der Waals surface area (Å²) in [6.07, 6.45) is 4.40. The number of piperidine rings is 1. The Hall–Kier alpha value is -1.93. The van der Waals surface area contributed by atoms with Gasteiger partial charge in [0.1, 0.15) is 5.84 Å². The predicted octanol–water partition coefficient (Wildman–Crippen LogP) is 1.24. The molecule has 0 radical (unpaired) electrons. The van der Waals surface area contributed by atoms with E-state index in [1.54, 1.807) is 12.1 Å². The molecule has 0 aliphatic carbocycles. The summed E-state index contributed by atoms with van der Waals surface area (Å²) in [5, 5.41) is 5.97. The maximum Gasteiger partial charge on any atom is 0.262 e. The van der Waals surface area contributed by atoms with Crippen molar-refractivity contribution < 1.29 is 13.2 Å². The van der Waals surface area contributed by atoms with E-state index in [1.165, 1.54) is 12.1 Å². The van der Waals surface area contributed by atoms with Gasteiger partial charge < -0.3 is 10.6 Å². The number of hydrogen-bond acceptors (Lipinski definition) is 5. The molecule has 1 amide bonds. The minimum Gasteiger partial charge on any atom is -0.325 e. The Bertz CT molecular complexity index is 739. The van der Waals surface area contributed by atoms with E-state index in [0.717, 1.165) is 32.2 Å². The van der Waals surface area contributed by atoms with Crippen molar-refractivity contribution in [2.24, 2.45) is 4.99 Å². The van der Waals surface area contributed by atoms with Gasteiger partial charge in [-0.15, -0.1) is 0 Å². The Balaban J connectivity index is 1.70. The summed E-state index contributed by atoms with van der Waals surface area (Å²) < 4.78 is 27.3. The molecule has 3 N–H and O–H groups in total. The number of hydrogen-bond donors (Lipinski definition) is 3. The molecule has 2 aliphatic rings. The quantitative estimate of drug-likeness (QED) is 0.760. The number of carbonyl (C=O) groups is 1. The average molecular weight is 350 g/mol. The third-order valence-electron chi connectivity index (χ3n) is 4.17. The zero-order chi connectivity index (χ0) is 17.0. The van der Waals surface area contributed by atoms with Gasteiger partial charge in [-0.05, 0) is 44.0 Å². The van der Waals surface area contributed by atoms with Crippen LogP contribution in [0.3, 0.4) is 0 Å². The molecule has 24 heavy (non-hydrogen) atoms. The number of amides is 1. The van der Waals surface area contributed by atoms with Crippen molar-refractivity contribution in [2.75, 3.05) is 18.4 Å². The van der Waals surface area contributed by atoms with E-state index in [9.17, 15) is 13.2 Å². The lowest BCUT2D eigenvalue weighted by atomic mass is 10.0. The van der Waals surface area contributed by atoms with E-state index in [-0.39, 0.29) is 16.8 Å². The van der Waals surface area contributed by atoms with Crippen LogP contribution in [0.15, 0.2) is 34.2 Å². The van der Waals surface area contributed by atoms with Gasteiger partial charge in [-0.2, -0.15) is 0 Å². The molecule has 0 saturated carbocycles. The number of nitrogens with one attached hydrogen (secondary N) is 3. The molecule has 0 spiro atoms. The van der Waals surface area contributed by atoms with Gasteiger partial charge in [0, 0.05) is 18.7 Å². The minimum absolute atomic E-state index is 0.117. The molecule has 3 rings (SSSR count). The fourth-order valence-corrected chi connectivity index (χ4v) is 4.02. The molecule has 1 fully saturated rings. The first-order valence-corrected chi connectivity index (χ1v) is 9.73. The number of nitrogens with zero attached hydrogens (tertiary/aromatic N) is 1. The van der Waals surface area contributed by atoms with Gasteiger partial charge in [0.05, 0.1) is 10.9 Å². The van der Waals surface area contributed by atoms with Crippen molar-refractivity contribution in [2.45, 2.75) is 43.0 Å². The molecule has 130 valence electrons. The summed E-state index contributed by atoms with van der Waals surface area (Å²) in [6, 6.07) is 6.07. The van der Waals surface area contributed by atoms with Crippen LogP contribution < -0.4 is 15.4 Å². The fraction of sp³-hybridized carbons (Fsp3) is 0.500. The van der Waals surface area contributed by atoms with Gasteiger partial charge in [-0.25, -0.2) is 8.42 Å². The average Bonchev–Trinajstić information content (AvgIpc) is 3.08. The number of benzene rings is 1. The van der Waals surface area contributed by atoms with Gasteiger partial charge >= 0.3 is 0 Å². The van der Waals surface area contributed by atoms with Gasteiger partial charge in [0.2, 0.25) is 5.91 Å². The van der Waals surface area contributed by atoms with Crippen LogP contribution in [-0.4, -0.2) is 39.3 Å². The summed E-state index contributed by atoms with van der Waals surface area (Å²) in [5.74, 6) is 0.369. The highest BCUT2D eigenvalue weighted by Crippen LogP contribution is 2.17. The van der Waals surface area contributed by atoms with Crippen LogP contribution in [0.1, 0.15) is 32.1 Å². The van der Waals surface area contributed by atoms with E-state index in [2.05, 4.69) is 20.3 Å². The molecular weight excluding hydrogens is 328 g/mol. The highest BCUT2D eigenvalue weighted by atomic mass is 32.2. The van der Waals surface area contributed by atoms with Gasteiger partial charge in [0.15, 0.2) is 0 Å². The maximum absolute atomic E-state index is 12.4. The lowest BCUT2D eigenvalue weighted by molar-refractivity contribution is -0.118. The van der Waals surface area contributed by atoms with E-state index in [0.29, 0.717) is 24.5 Å². The number of anilines is 1. The van der Waals surface area contributed by atoms with Crippen LogP contribution >= 0.6 is 0 Å². The molecule has 1 atom stereocenters. The van der Waals surface area contributed by atoms with Gasteiger partial charge in [0.25, 0.3) is 10.0 Å². The zero-order valence-electron chi connectivity index (χ0n) is 13.4. The Morgan fingerprint density at radius 2 is 2.12 bits per heavy atom. The Labute approximate surface area is 142 Å². The number of sulfonamides is 1. The van der Waals surface area contributed by atoms with Gasteiger partial charge in [-0.3, -0.25) is 14.5 Å². The van der Waals surface area contributed by atoms with Crippen LogP contribution in [0.5, 0.6) is 0 Å². The second-order valence-corrected chi connectivity index (χ2v) is 7.74. The fourth-order valence-electron chi connectivity index (χ4n) is 2.88. The normalized spacial score (nSPS) is 21.2. The van der Waals surface area contributed by atoms with E-state index < -0.39 is 10.0 Å². The van der Waals surface area contributed by atoms with Gasteiger partial charge in [-0.1, -0.05) is 12.5 Å². The molecular formula is C16H22N4O3S. The molecule has 2 aliphatic heterocycles. The van der Waals surface area contributed by atoms with Crippen molar-refractivity contribution >= 4 is 27.5 Å². The van der Waals surface area contributed by atoms with E-state index in [1.807, 2.05) is 0 Å². The van der Waals surface area contributed by atoms with Crippen LogP contribution in [0.4, 0.5) is 5.69 Å². The second-order valence-electron chi connectivity index (χ2n) is 6.06. The van der Waals surface area contributed by atoms with E-state index >= 15 is 0 Å². The second kappa shape index (κ2) is 7.31. The molecule has 0 aromatic heterocycles. The number of carbonyl (C=O) groups excluding carboxylic acids is 1. The molecule has 8 heteroatoms. The van der Waals surface area contributed by atoms with Crippen LogP contribution in [0.25, 0.3) is 0 Å². The predicted molar refractivity (Wildman–Crippen MR) is 92.6 cm³/mol. The Kier molecular flexibility index (Phi) is 5.15. The summed E-state index contributed by atoms with van der Waals surface area (Å²) in [7, 11) is -3.67. The molecule has 0 bridgehead atoms. The van der Waals surface area contributed by atoms with Crippen molar-refractivity contribution in [3.63, 3.8) is 0 Å². The summed E-state index contributed by atoms with van der Waals surface area (Å²) in [6.45, 7) is 1.49. The highest BCUT2D eigenvalue weighted by molar-refractivity contribution is 7.90. The number of amidine groups is 1. The monoisotopic (exact) mass is 350 g/mol. The summed E-state index contributed by atoms with van der Waals surface area (Å²) in [5.41, 5.74) is 0.476. The number of rotatable bonds is 4. The zero-order valence-corrected chi connectivity index (χ0v) is 14.2. The summed E-state index contributed by atoms with van der Waals surface area (Å²) in [4.78, 5) is 16.5. The van der Waals surface area contributed by atoms with Crippen LogP contribution in [-0.2, 0) is 14.8 Å². The topological polar surface area (TPSA) is 99.7 Å². The van der Waals surface area contributed by atoms with Crippen molar-refractivity contribution in [3.8, 4) is 0 Å². The largest absolute Gasteiger partial charge is 0.325 e. The molecule has 1 saturated heterocycles. The SMILES string of the molecule is O=C(Nc1cccc(S(=O)(=O)NC2=NCCC2)c1)C1CCCCN1. The molecule has 1 aromatic carbocycles. The molecule has 1 unspecified atom stereocenters. The standard InChI is InChI=1S/C16H22N4O3S/c21-16(14-7-1-2-9-17-14)19-12-5-3-6-13(11-12)24(22,23)20-15-8-4-10-18-15/h3,5-6,11,14,17H,1-2,4,7-10H2,(H,18,20)(H,19,21). The maximum atomic E-state index is 12.4. The Morgan fingerprint density at radius 1 is 1.25 bits per heavy atom. The van der Waals surface area contributed by atoms with Crippen molar-refractivity contribution in [1.82, 2.24) is 10.0 Å². The van der Waals surface area contributed by atoms with Crippen LogP contribution in [0.2, 0.25) is 0 Å². The van der Waals surface area contributed by atoms with Crippen LogP contribution in [0, 0.1) is 0 Å². The Morgan fingerprint density at radius 3 is 2.83 bits per heavy atom. The molecule has 7 nitrogen and oxygen atoms in total. The van der Waals surface area contributed by atoms with E-state index in [4.69, 9.17) is 0 Å². The summed E-state index contributed by atoms with van der Waals surface area (Å²) >= 11 is 0. The highest BCUT2D eigenvalue weighted by Gasteiger charge is 2.22. The van der Waals surface area contributed by atoms with Crippen molar-refractivity contribution in [1.29, 1.82) is 0 Å². The van der Waals surface area contributed by atoms with Crippen molar-refractivity contribution in [3.05, 3.63) is 24.3 Å². The molecule has 2 heterocycles. The smallest absolute Gasteiger partial charge is 0.262 e. The lowest BCUT2D eigenvalue weighted by Gasteiger charge is -2.22.